The van der Waals surface area contributed by atoms with E-state index in [1.165, 1.54) is 6.17 Å². The molecule has 0 heterocycles. The summed E-state index contributed by atoms with van der Waals surface area (Å²) >= 11 is 0. The van der Waals surface area contributed by atoms with Crippen molar-refractivity contribution in [3.8, 4) is 0 Å². The molecule has 0 aromatic heterocycles. The van der Waals surface area contributed by atoms with E-state index in [0.717, 1.165) is 6.42 Å². The van der Waals surface area contributed by atoms with Gasteiger partial charge >= 0.3 is 0 Å². The van der Waals surface area contributed by atoms with Crippen LogP contribution in [0.25, 0.3) is 0 Å². The van der Waals surface area contributed by atoms with Gasteiger partial charge in [-0.15, -0.1) is 9.80 Å². The maximum atomic E-state index is 2.26. The monoisotopic (exact) mass is 179 g/mol. The Balaban J connectivity index is 2.65. The van der Waals surface area contributed by atoms with Gasteiger partial charge in [-0.25, -0.2) is 0 Å². The van der Waals surface area contributed by atoms with E-state index in [4.69, 9.17) is 0 Å². The number of allylic oxidation sites excluding steroid dienone is 3. The minimum atomic E-state index is 0.537. The predicted octanol–water partition coefficient (Wildman–Crippen LogP) is 1.73. The van der Waals surface area contributed by atoms with Crippen LogP contribution in [-0.2, 0) is 0 Å². The Kier molecular flexibility index (Phi) is 3.58. The molecule has 0 aliphatic heterocycles. The van der Waals surface area contributed by atoms with E-state index in [9.17, 15) is 0 Å². The molecule has 0 aromatic carbocycles. The molecular formula is C11H19N2+. The van der Waals surface area contributed by atoms with E-state index < -0.39 is 0 Å². The first-order chi connectivity index (χ1) is 6.13. The second-order valence-corrected chi connectivity index (χ2v) is 3.80. The van der Waals surface area contributed by atoms with Crippen molar-refractivity contribution in [3.63, 3.8) is 0 Å². The molecule has 1 atom stereocenters. The second-order valence-electron chi connectivity index (χ2n) is 3.80. The van der Waals surface area contributed by atoms with E-state index in [1.54, 1.807) is 0 Å². The van der Waals surface area contributed by atoms with Crippen LogP contribution in [0.1, 0.15) is 6.42 Å². The van der Waals surface area contributed by atoms with Gasteiger partial charge in [-0.1, -0.05) is 18.2 Å². The van der Waals surface area contributed by atoms with Crippen molar-refractivity contribution in [2.24, 2.45) is 5.92 Å². The first kappa shape index (κ1) is 10.4. The molecule has 1 aliphatic rings. The standard InChI is InChI=1S/C11H19N2/c1-12(2)11(13(3)4)10-8-6-5-7-9-10/h5-8,10H,9H2,1-4H3/q+1. The van der Waals surface area contributed by atoms with Crippen LogP contribution in [0, 0.1) is 12.1 Å². The third kappa shape index (κ3) is 2.61. The number of hydrogen-bond donors (Lipinski definition) is 0. The van der Waals surface area contributed by atoms with Crippen LogP contribution in [-0.4, -0.2) is 38.0 Å². The molecule has 72 valence electrons. The fourth-order valence-electron chi connectivity index (χ4n) is 1.84. The zero-order valence-electron chi connectivity index (χ0n) is 8.99. The van der Waals surface area contributed by atoms with Gasteiger partial charge in [-0.3, -0.25) is 0 Å². The third-order valence-corrected chi connectivity index (χ3v) is 2.23. The highest BCUT2D eigenvalue weighted by atomic mass is 15.3. The first-order valence-corrected chi connectivity index (χ1v) is 4.67. The summed E-state index contributed by atoms with van der Waals surface area (Å²) in [6.07, 6.45) is 11.2. The van der Waals surface area contributed by atoms with E-state index in [0.29, 0.717) is 5.92 Å². The number of rotatable bonds is 3. The Morgan fingerprint density at radius 1 is 1.08 bits per heavy atom. The van der Waals surface area contributed by atoms with Crippen LogP contribution in [0.4, 0.5) is 0 Å². The molecule has 0 aromatic rings. The smallest absolute Gasteiger partial charge is 0.131 e. The molecule has 0 fully saturated rings. The van der Waals surface area contributed by atoms with Crippen molar-refractivity contribution in [2.75, 3.05) is 28.2 Å². The van der Waals surface area contributed by atoms with Gasteiger partial charge < -0.3 is 0 Å². The Morgan fingerprint density at radius 2 is 1.69 bits per heavy atom. The molecular weight excluding hydrogens is 160 g/mol. The third-order valence-electron chi connectivity index (χ3n) is 2.23. The van der Waals surface area contributed by atoms with Gasteiger partial charge in [0, 0.05) is 34.6 Å². The minimum Gasteiger partial charge on any atom is -0.131 e. The maximum Gasteiger partial charge on any atom is 0.265 e. The Bertz CT molecular complexity index is 196. The maximum absolute atomic E-state index is 2.26. The molecule has 0 saturated carbocycles. The fraction of sp³-hybridized carbons (Fsp3) is 0.545. The van der Waals surface area contributed by atoms with Gasteiger partial charge in [0.2, 0.25) is 0 Å². The Hall–Kier alpha value is -0.730. The van der Waals surface area contributed by atoms with Gasteiger partial charge in [0.15, 0.2) is 5.92 Å². The van der Waals surface area contributed by atoms with Crippen molar-refractivity contribution >= 4 is 0 Å². The van der Waals surface area contributed by atoms with Crippen molar-refractivity contribution in [1.29, 1.82) is 0 Å². The Labute approximate surface area is 81.5 Å². The fourth-order valence-corrected chi connectivity index (χ4v) is 1.84. The lowest BCUT2D eigenvalue weighted by atomic mass is 9.96. The Morgan fingerprint density at radius 3 is 2.08 bits per heavy atom. The van der Waals surface area contributed by atoms with Crippen LogP contribution in [0.5, 0.6) is 0 Å². The highest BCUT2D eigenvalue weighted by Gasteiger charge is 2.36. The average molecular weight is 179 g/mol. The first-order valence-electron chi connectivity index (χ1n) is 4.67. The van der Waals surface area contributed by atoms with Crippen LogP contribution < -0.4 is 0 Å². The summed E-state index contributed by atoms with van der Waals surface area (Å²) in [4.78, 5) is 4.38. The van der Waals surface area contributed by atoms with Crippen molar-refractivity contribution in [1.82, 2.24) is 9.80 Å². The number of nitrogens with zero attached hydrogens (tertiary/aromatic N) is 2. The highest BCUT2D eigenvalue weighted by Crippen LogP contribution is 2.26. The lowest BCUT2D eigenvalue weighted by Crippen LogP contribution is -2.37. The predicted molar refractivity (Wildman–Crippen MR) is 57.0 cm³/mol. The summed E-state index contributed by atoms with van der Waals surface area (Å²) in [5.41, 5.74) is 0. The van der Waals surface area contributed by atoms with Gasteiger partial charge in [-0.05, 0) is 6.08 Å². The van der Waals surface area contributed by atoms with Crippen LogP contribution >= 0.6 is 0 Å². The summed E-state index contributed by atoms with van der Waals surface area (Å²) in [5, 5.41) is 0. The largest absolute Gasteiger partial charge is 0.265 e. The van der Waals surface area contributed by atoms with Gasteiger partial charge in [-0.2, -0.15) is 0 Å². The lowest BCUT2D eigenvalue weighted by Gasteiger charge is -2.22. The van der Waals surface area contributed by atoms with Gasteiger partial charge in [0.05, 0.1) is 0 Å². The summed E-state index contributed by atoms with van der Waals surface area (Å²) < 4.78 is 0. The summed E-state index contributed by atoms with van der Waals surface area (Å²) in [5.74, 6) is 0.537. The highest BCUT2D eigenvalue weighted by molar-refractivity contribution is 5.16. The zero-order valence-corrected chi connectivity index (χ0v) is 8.99. The van der Waals surface area contributed by atoms with Gasteiger partial charge in [0.25, 0.3) is 6.17 Å². The van der Waals surface area contributed by atoms with Crippen LogP contribution in [0.15, 0.2) is 24.3 Å². The van der Waals surface area contributed by atoms with Crippen molar-refractivity contribution < 1.29 is 0 Å². The number of hydrogen-bond acceptors (Lipinski definition) is 2. The van der Waals surface area contributed by atoms with Crippen LogP contribution in [0.2, 0.25) is 0 Å². The lowest BCUT2D eigenvalue weighted by molar-refractivity contribution is 0.200. The summed E-state index contributed by atoms with van der Waals surface area (Å²) in [6, 6.07) is 0. The normalized spacial score (nSPS) is 21.5. The molecule has 0 spiro atoms. The van der Waals surface area contributed by atoms with Crippen LogP contribution in [0.3, 0.4) is 0 Å². The molecule has 0 radical (unpaired) electrons. The summed E-state index contributed by atoms with van der Waals surface area (Å²) in [6.45, 7) is 0. The molecule has 2 heteroatoms. The molecule has 13 heavy (non-hydrogen) atoms. The quantitative estimate of drug-likeness (QED) is 0.609. The molecule has 1 rings (SSSR count). The van der Waals surface area contributed by atoms with E-state index >= 15 is 0 Å². The topological polar surface area (TPSA) is 6.48 Å². The van der Waals surface area contributed by atoms with Crippen molar-refractivity contribution in [2.45, 2.75) is 6.42 Å². The molecule has 2 nitrogen and oxygen atoms in total. The second kappa shape index (κ2) is 4.49. The molecule has 0 amide bonds. The minimum absolute atomic E-state index is 0.537. The summed E-state index contributed by atoms with van der Waals surface area (Å²) in [7, 11) is 8.39. The SMILES string of the molecule is CN(C)[C+](C1C=CC=CC1)N(C)C. The molecule has 0 N–H and O–H groups in total. The van der Waals surface area contributed by atoms with E-state index in [-0.39, 0.29) is 0 Å². The van der Waals surface area contributed by atoms with E-state index in [1.807, 2.05) is 0 Å². The van der Waals surface area contributed by atoms with Crippen molar-refractivity contribution in [3.05, 3.63) is 30.5 Å². The average Bonchev–Trinajstić information content (AvgIpc) is 2.04. The molecule has 1 unspecified atom stereocenters. The molecule has 0 bridgehead atoms. The molecule has 1 aliphatic carbocycles. The van der Waals surface area contributed by atoms with Gasteiger partial charge in [0.1, 0.15) is 0 Å². The van der Waals surface area contributed by atoms with E-state index in [2.05, 4.69) is 62.3 Å². The molecule has 0 saturated heterocycles. The zero-order chi connectivity index (χ0) is 9.84.